The number of rotatable bonds is 7. The second-order valence-corrected chi connectivity index (χ2v) is 5.09. The zero-order valence-corrected chi connectivity index (χ0v) is 12.8. The average Bonchev–Trinajstić information content (AvgIpc) is 2.96. The van der Waals surface area contributed by atoms with Crippen LogP contribution in [0.25, 0.3) is 6.08 Å². The Kier molecular flexibility index (Phi) is 6.15. The summed E-state index contributed by atoms with van der Waals surface area (Å²) in [6, 6.07) is 7.56. The lowest BCUT2D eigenvalue weighted by atomic mass is 10.2. The number of carbonyl (C=O) groups excluding carboxylic acids is 2. The van der Waals surface area contributed by atoms with Crippen LogP contribution in [0.1, 0.15) is 24.8 Å². The third kappa shape index (κ3) is 4.70. The maximum absolute atomic E-state index is 11.7. The number of carbonyl (C=O) groups is 2. The van der Waals surface area contributed by atoms with Gasteiger partial charge in [-0.3, -0.25) is 4.79 Å². The average molecular weight is 303 g/mol. The van der Waals surface area contributed by atoms with Crippen LogP contribution in [-0.2, 0) is 19.1 Å². The first-order chi connectivity index (χ1) is 10.7. The minimum Gasteiger partial charge on any atom is -0.462 e. The predicted molar refractivity (Wildman–Crippen MR) is 84.5 cm³/mol. The van der Waals surface area contributed by atoms with Gasteiger partial charge in [-0.2, -0.15) is 0 Å². The second-order valence-electron chi connectivity index (χ2n) is 5.09. The Morgan fingerprint density at radius 2 is 2.05 bits per heavy atom. The summed E-state index contributed by atoms with van der Waals surface area (Å²) in [7, 11) is 1.61. The number of anilines is 1. The molecule has 1 aliphatic heterocycles. The first kappa shape index (κ1) is 16.2. The van der Waals surface area contributed by atoms with Crippen LogP contribution in [0, 0.1) is 0 Å². The number of amides is 1. The molecule has 0 N–H and O–H groups in total. The highest BCUT2D eigenvalue weighted by atomic mass is 16.5. The third-order valence-corrected chi connectivity index (χ3v) is 3.43. The van der Waals surface area contributed by atoms with Gasteiger partial charge in [-0.25, -0.2) is 4.79 Å². The summed E-state index contributed by atoms with van der Waals surface area (Å²) >= 11 is 0. The van der Waals surface area contributed by atoms with Crippen LogP contribution in [-0.4, -0.2) is 38.7 Å². The highest BCUT2D eigenvalue weighted by molar-refractivity contribution is 5.95. The Hall–Kier alpha value is -2.14. The van der Waals surface area contributed by atoms with Crippen molar-refractivity contribution in [1.82, 2.24) is 0 Å². The molecule has 1 saturated heterocycles. The van der Waals surface area contributed by atoms with Crippen molar-refractivity contribution in [2.45, 2.75) is 19.3 Å². The highest BCUT2D eigenvalue weighted by Gasteiger charge is 2.21. The summed E-state index contributed by atoms with van der Waals surface area (Å²) in [5, 5.41) is 0. The molecule has 5 heteroatoms. The monoisotopic (exact) mass is 303 g/mol. The first-order valence-corrected chi connectivity index (χ1v) is 7.45. The maximum Gasteiger partial charge on any atom is 0.330 e. The molecule has 0 unspecified atom stereocenters. The second kappa shape index (κ2) is 8.34. The van der Waals surface area contributed by atoms with E-state index in [2.05, 4.69) is 0 Å². The molecular formula is C17H21NO4. The molecule has 0 spiro atoms. The molecular weight excluding hydrogens is 282 g/mol. The van der Waals surface area contributed by atoms with Crippen LogP contribution in [0.3, 0.4) is 0 Å². The van der Waals surface area contributed by atoms with Gasteiger partial charge in [0.2, 0.25) is 5.91 Å². The van der Waals surface area contributed by atoms with E-state index in [9.17, 15) is 9.59 Å². The van der Waals surface area contributed by atoms with E-state index in [0.29, 0.717) is 26.1 Å². The highest BCUT2D eigenvalue weighted by Crippen LogP contribution is 2.21. The molecule has 1 aromatic rings. The minimum absolute atomic E-state index is 0.169. The SMILES string of the molecule is COCCCOC(=O)/C=C/c1ccc(N2CCCC2=O)cc1. The van der Waals surface area contributed by atoms with E-state index in [1.54, 1.807) is 18.1 Å². The van der Waals surface area contributed by atoms with E-state index < -0.39 is 0 Å². The van der Waals surface area contributed by atoms with Crippen molar-refractivity contribution in [2.24, 2.45) is 0 Å². The largest absolute Gasteiger partial charge is 0.462 e. The quantitative estimate of drug-likeness (QED) is 0.441. The van der Waals surface area contributed by atoms with Crippen molar-refractivity contribution in [3.05, 3.63) is 35.9 Å². The number of ether oxygens (including phenoxy) is 2. The summed E-state index contributed by atoms with van der Waals surface area (Å²) in [6.45, 7) is 1.71. The van der Waals surface area contributed by atoms with Crippen LogP contribution in [0.2, 0.25) is 0 Å². The smallest absolute Gasteiger partial charge is 0.330 e. The van der Waals surface area contributed by atoms with E-state index in [-0.39, 0.29) is 11.9 Å². The van der Waals surface area contributed by atoms with Gasteiger partial charge in [0.25, 0.3) is 0 Å². The van der Waals surface area contributed by atoms with E-state index in [1.807, 2.05) is 24.3 Å². The molecule has 118 valence electrons. The fourth-order valence-electron chi connectivity index (χ4n) is 2.27. The zero-order valence-electron chi connectivity index (χ0n) is 12.8. The zero-order chi connectivity index (χ0) is 15.8. The lowest BCUT2D eigenvalue weighted by Gasteiger charge is -2.15. The first-order valence-electron chi connectivity index (χ1n) is 7.45. The minimum atomic E-state index is -0.366. The third-order valence-electron chi connectivity index (χ3n) is 3.43. The fraction of sp³-hybridized carbons (Fsp3) is 0.412. The molecule has 1 heterocycles. The Morgan fingerprint density at radius 3 is 2.68 bits per heavy atom. The molecule has 0 saturated carbocycles. The summed E-state index contributed by atoms with van der Waals surface area (Å²) < 4.78 is 9.90. The van der Waals surface area contributed by atoms with E-state index in [1.165, 1.54) is 6.08 Å². The number of hydrogen-bond acceptors (Lipinski definition) is 4. The molecule has 0 aliphatic carbocycles. The number of methoxy groups -OCH3 is 1. The van der Waals surface area contributed by atoms with Crippen LogP contribution in [0.5, 0.6) is 0 Å². The molecule has 0 aromatic heterocycles. The van der Waals surface area contributed by atoms with E-state index >= 15 is 0 Å². The number of esters is 1. The van der Waals surface area contributed by atoms with Gasteiger partial charge in [0, 0.05) is 44.9 Å². The van der Waals surface area contributed by atoms with Crippen LogP contribution >= 0.6 is 0 Å². The van der Waals surface area contributed by atoms with Crippen molar-refractivity contribution in [2.75, 3.05) is 31.8 Å². The number of benzene rings is 1. The van der Waals surface area contributed by atoms with Crippen LogP contribution in [0.15, 0.2) is 30.3 Å². The Bertz CT molecular complexity index is 536. The summed E-state index contributed by atoms with van der Waals surface area (Å²) in [6.07, 6.45) is 5.33. The van der Waals surface area contributed by atoms with Crippen molar-refractivity contribution in [3.8, 4) is 0 Å². The van der Waals surface area contributed by atoms with E-state index in [4.69, 9.17) is 9.47 Å². The molecule has 1 amide bonds. The summed E-state index contributed by atoms with van der Waals surface area (Å²) in [4.78, 5) is 24.9. The van der Waals surface area contributed by atoms with Gasteiger partial charge in [0.1, 0.15) is 0 Å². The van der Waals surface area contributed by atoms with Gasteiger partial charge < -0.3 is 14.4 Å². The Morgan fingerprint density at radius 1 is 1.27 bits per heavy atom. The molecule has 0 atom stereocenters. The molecule has 22 heavy (non-hydrogen) atoms. The van der Waals surface area contributed by atoms with Gasteiger partial charge in [-0.1, -0.05) is 12.1 Å². The van der Waals surface area contributed by atoms with Crippen molar-refractivity contribution in [3.63, 3.8) is 0 Å². The standard InChI is InChI=1S/C17H21NO4/c1-21-12-3-13-22-17(20)10-7-14-5-8-15(9-6-14)18-11-2-4-16(18)19/h5-10H,2-4,11-13H2,1H3/b10-7+. The van der Waals surface area contributed by atoms with Gasteiger partial charge in [-0.05, 0) is 30.2 Å². The molecule has 1 aromatic carbocycles. The molecule has 5 nitrogen and oxygen atoms in total. The molecule has 0 radical (unpaired) electrons. The molecule has 1 aliphatic rings. The normalized spacial score (nSPS) is 14.8. The van der Waals surface area contributed by atoms with Crippen molar-refractivity contribution < 1.29 is 19.1 Å². The lowest BCUT2D eigenvalue weighted by molar-refractivity contribution is -0.138. The van der Waals surface area contributed by atoms with E-state index in [0.717, 1.165) is 24.2 Å². The van der Waals surface area contributed by atoms with Crippen molar-refractivity contribution >= 4 is 23.6 Å². The number of hydrogen-bond donors (Lipinski definition) is 0. The summed E-state index contributed by atoms with van der Waals surface area (Å²) in [5.74, 6) is -0.196. The topological polar surface area (TPSA) is 55.8 Å². The molecule has 0 bridgehead atoms. The Balaban J connectivity index is 1.84. The van der Waals surface area contributed by atoms with Gasteiger partial charge >= 0.3 is 5.97 Å². The van der Waals surface area contributed by atoms with Crippen molar-refractivity contribution in [1.29, 1.82) is 0 Å². The summed E-state index contributed by atoms with van der Waals surface area (Å²) in [5.41, 5.74) is 1.80. The van der Waals surface area contributed by atoms with Gasteiger partial charge in [0.15, 0.2) is 0 Å². The lowest BCUT2D eigenvalue weighted by Crippen LogP contribution is -2.23. The van der Waals surface area contributed by atoms with Gasteiger partial charge in [-0.15, -0.1) is 0 Å². The van der Waals surface area contributed by atoms with Crippen LogP contribution < -0.4 is 4.90 Å². The maximum atomic E-state index is 11.7. The predicted octanol–water partition coefficient (Wildman–Crippen LogP) is 2.41. The Labute approximate surface area is 130 Å². The molecule has 1 fully saturated rings. The molecule has 2 rings (SSSR count). The number of nitrogens with zero attached hydrogens (tertiary/aromatic N) is 1. The fourth-order valence-corrected chi connectivity index (χ4v) is 2.27. The van der Waals surface area contributed by atoms with Gasteiger partial charge in [0.05, 0.1) is 6.61 Å². The van der Waals surface area contributed by atoms with Crippen LogP contribution in [0.4, 0.5) is 5.69 Å².